The lowest BCUT2D eigenvalue weighted by Gasteiger charge is -2.32. The minimum Gasteiger partial charge on any atom is -0.382 e. The highest BCUT2D eigenvalue weighted by Crippen LogP contribution is 2.25. The molecule has 1 amide bonds. The van der Waals surface area contributed by atoms with Crippen LogP contribution >= 0.6 is 11.3 Å². The van der Waals surface area contributed by atoms with Crippen molar-refractivity contribution in [2.24, 2.45) is 0 Å². The normalized spacial score (nSPS) is 15.3. The second-order valence-electron chi connectivity index (χ2n) is 6.16. The molecule has 0 saturated carbocycles. The molecule has 24 heavy (non-hydrogen) atoms. The lowest BCUT2D eigenvalue weighted by molar-refractivity contribution is -0.115. The first-order chi connectivity index (χ1) is 11.6. The first-order valence-corrected chi connectivity index (χ1v) is 9.35. The van der Waals surface area contributed by atoms with Gasteiger partial charge in [-0.3, -0.25) is 4.79 Å². The number of hydrogen-bond acceptors (Lipinski definition) is 5. The molecule has 2 N–H and O–H groups in total. The van der Waals surface area contributed by atoms with E-state index in [9.17, 15) is 4.79 Å². The van der Waals surface area contributed by atoms with Gasteiger partial charge in [0, 0.05) is 42.3 Å². The van der Waals surface area contributed by atoms with Crippen molar-refractivity contribution in [1.82, 2.24) is 4.98 Å². The van der Waals surface area contributed by atoms with E-state index in [1.54, 1.807) is 11.3 Å². The molecule has 6 heteroatoms. The number of aryl methyl sites for hydroxylation is 1. The molecule has 0 bridgehead atoms. The zero-order chi connectivity index (χ0) is 16.9. The number of amides is 1. The topological polar surface area (TPSA) is 57.3 Å². The second kappa shape index (κ2) is 7.66. The Balaban J connectivity index is 1.50. The van der Waals surface area contributed by atoms with Crippen LogP contribution < -0.4 is 15.5 Å². The van der Waals surface area contributed by atoms with Crippen molar-refractivity contribution in [2.75, 3.05) is 28.6 Å². The molecular weight excluding hydrogens is 320 g/mol. The van der Waals surface area contributed by atoms with E-state index < -0.39 is 0 Å². The van der Waals surface area contributed by atoms with Gasteiger partial charge in [-0.1, -0.05) is 6.92 Å². The standard InChI is InChI=1S/C18H24N4OS/c1-3-17(23)21-15-6-4-14(5-7-15)20-16-8-10-22(11-9-16)18-19-13(2)12-24-18/h4-7,12,16,20H,3,8-11H2,1-2H3,(H,21,23). The zero-order valence-electron chi connectivity index (χ0n) is 14.2. The van der Waals surface area contributed by atoms with Crippen molar-refractivity contribution < 1.29 is 4.79 Å². The lowest BCUT2D eigenvalue weighted by Crippen LogP contribution is -2.39. The van der Waals surface area contributed by atoms with Crippen LogP contribution in [0.5, 0.6) is 0 Å². The molecule has 1 saturated heterocycles. The molecule has 0 unspecified atom stereocenters. The van der Waals surface area contributed by atoms with E-state index in [0.29, 0.717) is 12.5 Å². The zero-order valence-corrected chi connectivity index (χ0v) is 15.0. The third-order valence-electron chi connectivity index (χ3n) is 4.23. The number of anilines is 3. The van der Waals surface area contributed by atoms with Gasteiger partial charge in [0.1, 0.15) is 0 Å². The summed E-state index contributed by atoms with van der Waals surface area (Å²) in [6.07, 6.45) is 2.71. The summed E-state index contributed by atoms with van der Waals surface area (Å²) in [6.45, 7) is 5.97. The van der Waals surface area contributed by atoms with Crippen LogP contribution in [-0.4, -0.2) is 30.0 Å². The van der Waals surface area contributed by atoms with Gasteiger partial charge in [-0.15, -0.1) is 11.3 Å². The molecule has 0 aliphatic carbocycles. The van der Waals surface area contributed by atoms with Gasteiger partial charge in [-0.05, 0) is 44.0 Å². The van der Waals surface area contributed by atoms with E-state index in [0.717, 1.165) is 48.1 Å². The van der Waals surface area contributed by atoms with Crippen LogP contribution in [0.2, 0.25) is 0 Å². The molecule has 1 aromatic carbocycles. The fourth-order valence-corrected chi connectivity index (χ4v) is 3.69. The van der Waals surface area contributed by atoms with E-state index in [2.05, 4.69) is 25.9 Å². The molecule has 5 nitrogen and oxygen atoms in total. The quantitative estimate of drug-likeness (QED) is 0.864. The summed E-state index contributed by atoms with van der Waals surface area (Å²) in [6, 6.07) is 8.44. The van der Waals surface area contributed by atoms with Gasteiger partial charge >= 0.3 is 0 Å². The largest absolute Gasteiger partial charge is 0.382 e. The summed E-state index contributed by atoms with van der Waals surface area (Å²) in [4.78, 5) is 18.3. The van der Waals surface area contributed by atoms with Crippen LogP contribution in [0.4, 0.5) is 16.5 Å². The van der Waals surface area contributed by atoms with Gasteiger partial charge in [0.2, 0.25) is 5.91 Å². The van der Waals surface area contributed by atoms with Crippen molar-refractivity contribution >= 4 is 33.8 Å². The maximum atomic E-state index is 11.4. The van der Waals surface area contributed by atoms with Gasteiger partial charge in [-0.2, -0.15) is 0 Å². The van der Waals surface area contributed by atoms with Crippen LogP contribution in [0, 0.1) is 6.92 Å². The molecule has 1 aromatic heterocycles. The number of benzene rings is 1. The molecule has 0 atom stereocenters. The first-order valence-electron chi connectivity index (χ1n) is 8.47. The minimum atomic E-state index is 0.0421. The van der Waals surface area contributed by atoms with Crippen molar-refractivity contribution in [3.8, 4) is 0 Å². The van der Waals surface area contributed by atoms with E-state index in [1.165, 1.54) is 0 Å². The van der Waals surface area contributed by atoms with Crippen molar-refractivity contribution in [2.45, 2.75) is 39.2 Å². The molecule has 1 aliphatic rings. The number of piperidine rings is 1. The Morgan fingerprint density at radius 1 is 1.25 bits per heavy atom. The van der Waals surface area contributed by atoms with Crippen LogP contribution in [0.1, 0.15) is 31.9 Å². The Morgan fingerprint density at radius 2 is 1.92 bits per heavy atom. The number of nitrogens with zero attached hydrogens (tertiary/aromatic N) is 2. The maximum Gasteiger partial charge on any atom is 0.224 e. The number of nitrogens with one attached hydrogen (secondary N) is 2. The summed E-state index contributed by atoms with van der Waals surface area (Å²) < 4.78 is 0. The fourth-order valence-electron chi connectivity index (χ4n) is 2.84. The van der Waals surface area contributed by atoms with Crippen LogP contribution in [0.25, 0.3) is 0 Å². The molecule has 1 aliphatic heterocycles. The van der Waals surface area contributed by atoms with E-state index in [-0.39, 0.29) is 5.91 Å². The summed E-state index contributed by atoms with van der Waals surface area (Å²) >= 11 is 1.73. The molecule has 0 radical (unpaired) electrons. The SMILES string of the molecule is CCC(=O)Nc1ccc(NC2CCN(c3nc(C)cs3)CC2)cc1. The Hall–Kier alpha value is -2.08. The van der Waals surface area contributed by atoms with E-state index >= 15 is 0 Å². The average molecular weight is 344 g/mol. The van der Waals surface area contributed by atoms with Crippen LogP contribution in [0.3, 0.4) is 0 Å². The van der Waals surface area contributed by atoms with Crippen molar-refractivity contribution in [1.29, 1.82) is 0 Å². The third-order valence-corrected chi connectivity index (χ3v) is 5.25. The predicted octanol–water partition coefficient (Wildman–Crippen LogP) is 3.88. The molecule has 1 fully saturated rings. The van der Waals surface area contributed by atoms with Gasteiger partial charge < -0.3 is 15.5 Å². The third kappa shape index (κ3) is 4.26. The Morgan fingerprint density at radius 3 is 2.50 bits per heavy atom. The number of rotatable bonds is 5. The van der Waals surface area contributed by atoms with Gasteiger partial charge in [-0.25, -0.2) is 4.98 Å². The minimum absolute atomic E-state index is 0.0421. The Bertz CT molecular complexity index is 675. The smallest absolute Gasteiger partial charge is 0.224 e. The maximum absolute atomic E-state index is 11.4. The molecular formula is C18H24N4OS. The average Bonchev–Trinajstić information content (AvgIpc) is 3.03. The highest BCUT2D eigenvalue weighted by atomic mass is 32.1. The Labute approximate surface area is 147 Å². The van der Waals surface area contributed by atoms with Gasteiger partial charge in [0.05, 0.1) is 5.69 Å². The van der Waals surface area contributed by atoms with E-state index in [1.807, 2.05) is 38.1 Å². The molecule has 128 valence electrons. The van der Waals surface area contributed by atoms with E-state index in [4.69, 9.17) is 0 Å². The highest BCUT2D eigenvalue weighted by molar-refractivity contribution is 7.13. The summed E-state index contributed by atoms with van der Waals surface area (Å²) in [5.41, 5.74) is 3.06. The molecule has 0 spiro atoms. The summed E-state index contributed by atoms with van der Waals surface area (Å²) in [5, 5.41) is 9.72. The lowest BCUT2D eigenvalue weighted by atomic mass is 10.1. The number of thiazole rings is 1. The number of carbonyl (C=O) groups is 1. The molecule has 3 rings (SSSR count). The summed E-state index contributed by atoms with van der Waals surface area (Å²) in [7, 11) is 0. The van der Waals surface area contributed by atoms with Gasteiger partial charge in [0.25, 0.3) is 0 Å². The fraction of sp³-hybridized carbons (Fsp3) is 0.444. The number of aromatic nitrogens is 1. The first kappa shape index (κ1) is 16.8. The highest BCUT2D eigenvalue weighted by Gasteiger charge is 2.20. The van der Waals surface area contributed by atoms with Crippen LogP contribution in [0.15, 0.2) is 29.6 Å². The monoisotopic (exact) mass is 344 g/mol. The number of hydrogen-bond donors (Lipinski definition) is 2. The number of carbonyl (C=O) groups excluding carboxylic acids is 1. The van der Waals surface area contributed by atoms with Crippen LogP contribution in [-0.2, 0) is 4.79 Å². The van der Waals surface area contributed by atoms with Crippen molar-refractivity contribution in [3.63, 3.8) is 0 Å². The predicted molar refractivity (Wildman–Crippen MR) is 101 cm³/mol. The molecule has 2 heterocycles. The van der Waals surface area contributed by atoms with Crippen molar-refractivity contribution in [3.05, 3.63) is 35.3 Å². The Kier molecular flexibility index (Phi) is 5.35. The summed E-state index contributed by atoms with van der Waals surface area (Å²) in [5.74, 6) is 0.0421. The second-order valence-corrected chi connectivity index (χ2v) is 6.99. The molecule has 2 aromatic rings. The van der Waals surface area contributed by atoms with Gasteiger partial charge in [0.15, 0.2) is 5.13 Å².